The van der Waals surface area contributed by atoms with Gasteiger partial charge in [0, 0.05) is 0 Å². The van der Waals surface area contributed by atoms with Crippen LogP contribution in [0.2, 0.25) is 0 Å². The summed E-state index contributed by atoms with van der Waals surface area (Å²) in [5, 5.41) is 57.5. The second kappa shape index (κ2) is 23.5. The predicted molar refractivity (Wildman–Crippen MR) is 178 cm³/mol. The van der Waals surface area contributed by atoms with Crippen molar-refractivity contribution < 1.29 is 35.5 Å². The molecule has 4 aromatic carbocycles. The van der Waals surface area contributed by atoms with Gasteiger partial charge in [-0.05, 0) is 148 Å². The summed E-state index contributed by atoms with van der Waals surface area (Å²) in [4.78, 5) is 0. The van der Waals surface area contributed by atoms with Gasteiger partial charge in [0.05, 0.1) is 0 Å². The van der Waals surface area contributed by atoms with E-state index in [1.807, 2.05) is 79.7 Å². The Morgan fingerprint density at radius 1 is 0.302 bits per heavy atom. The first-order chi connectivity index (χ1) is 18.5. The van der Waals surface area contributed by atoms with Gasteiger partial charge in [-0.3, -0.25) is 0 Å². The van der Waals surface area contributed by atoms with Crippen LogP contribution in [0.25, 0.3) is 0 Å². The van der Waals surface area contributed by atoms with E-state index in [1.54, 1.807) is 48.5 Å². The molecule has 0 saturated heterocycles. The van der Waals surface area contributed by atoms with Crippen LogP contribution in [-0.4, -0.2) is 42.8 Å². The van der Waals surface area contributed by atoms with E-state index in [9.17, 15) is 0 Å². The van der Waals surface area contributed by atoms with Gasteiger partial charge in [-0.15, -0.1) is 0 Å². The Balaban J connectivity index is -0.000000221. The first-order valence-corrected chi connectivity index (χ1v) is 12.6. The molecule has 0 aliphatic heterocycles. The lowest BCUT2D eigenvalue weighted by molar-refractivity contribution is 0.278. The molecule has 0 fully saturated rings. The molecule has 10 nitrogen and oxygen atoms in total. The van der Waals surface area contributed by atoms with Gasteiger partial charge in [0.1, 0.15) is 23.0 Å². The fraction of sp³-hybridized carbons (Fsp3) is 0.250. The molecule has 0 unspecified atom stereocenters. The molecule has 0 spiro atoms. The maximum atomic E-state index is 8.99. The van der Waals surface area contributed by atoms with E-state index < -0.39 is 7.32 Å². The number of phenolic OH excluding ortho intramolecular Hbond substituents is 4. The molecule has 4 rings (SSSR count). The number of phenols is 4. The summed E-state index contributed by atoms with van der Waals surface area (Å²) in [6, 6.07) is 22.1. The fourth-order valence-electron chi connectivity index (χ4n) is 3.80. The zero-order valence-electron chi connectivity index (χ0n) is 26.8. The molecule has 240 valence electrons. The molecule has 0 heterocycles. The number of hydrogen-bond acceptors (Lipinski definition) is 10. The third kappa shape index (κ3) is 25.3. The molecule has 0 amide bonds. The zero-order chi connectivity index (χ0) is 31.0. The van der Waals surface area contributed by atoms with Crippen molar-refractivity contribution >= 4 is 7.32 Å². The molecule has 16 N–H and O–H groups in total. The van der Waals surface area contributed by atoms with Crippen molar-refractivity contribution in [1.82, 2.24) is 18.5 Å². The van der Waals surface area contributed by atoms with Gasteiger partial charge in [-0.1, -0.05) is 24.3 Å². The smallest absolute Gasteiger partial charge is 0.508 e. The lowest BCUT2D eigenvalue weighted by atomic mass is 10.1. The van der Waals surface area contributed by atoms with Gasteiger partial charge in [-0.2, -0.15) is 0 Å². The van der Waals surface area contributed by atoms with Gasteiger partial charge < -0.3 is 53.9 Å². The van der Waals surface area contributed by atoms with Crippen molar-refractivity contribution in [3.8, 4) is 23.0 Å². The molecule has 0 aliphatic carbocycles. The van der Waals surface area contributed by atoms with Gasteiger partial charge in [0.15, 0.2) is 0 Å². The number of aromatic hydroxyl groups is 4. The molecule has 4 aromatic rings. The lowest BCUT2D eigenvalue weighted by Gasteiger charge is -1.95. The fourth-order valence-corrected chi connectivity index (χ4v) is 3.80. The minimum atomic E-state index is -2.17. The summed E-state index contributed by atoms with van der Waals surface area (Å²) in [6.45, 7) is 15.7. The van der Waals surface area contributed by atoms with Crippen LogP contribution >= 0.6 is 0 Å². The Bertz CT molecular complexity index is 934. The summed E-state index contributed by atoms with van der Waals surface area (Å²) >= 11 is 0. The molecule has 0 saturated carbocycles. The number of hydrogen-bond donors (Lipinski definition) is 10. The van der Waals surface area contributed by atoms with Crippen LogP contribution in [0.4, 0.5) is 0 Å². The van der Waals surface area contributed by atoms with Crippen molar-refractivity contribution in [1.29, 1.82) is 0 Å². The molecule has 0 radical (unpaired) electrons. The summed E-state index contributed by atoms with van der Waals surface area (Å²) < 4.78 is 0. The van der Waals surface area contributed by atoms with Crippen LogP contribution in [0.15, 0.2) is 72.8 Å². The average molecular weight is 602 g/mol. The van der Waals surface area contributed by atoms with E-state index in [-0.39, 0.29) is 18.5 Å². The Labute approximate surface area is 256 Å². The standard InChI is InChI=1S/4C8H10O.BH3O3.3H3N/c4*1-6-3-7(2)5-8(9)4-6;2-1(3)4;;;/h4*3-5,9H,1-2H3;2-4H;3*1H3. The minimum Gasteiger partial charge on any atom is -0.508 e. The first-order valence-electron chi connectivity index (χ1n) is 12.6. The van der Waals surface area contributed by atoms with Crippen molar-refractivity contribution in [2.75, 3.05) is 0 Å². The maximum Gasteiger partial charge on any atom is 0.631 e. The van der Waals surface area contributed by atoms with Crippen LogP contribution in [0.3, 0.4) is 0 Å². The van der Waals surface area contributed by atoms with Crippen LogP contribution in [0.5, 0.6) is 23.0 Å². The lowest BCUT2D eigenvalue weighted by Crippen LogP contribution is -2.07. The molecule has 0 bridgehead atoms. The SMILES string of the molecule is Cc1cc(C)cc(O)c1.Cc1cc(C)cc(O)c1.Cc1cc(C)cc(O)c1.Cc1cc(C)cc(O)c1.N.N.N.OB(O)O. The van der Waals surface area contributed by atoms with E-state index in [0.29, 0.717) is 23.0 Å². The highest BCUT2D eigenvalue weighted by Gasteiger charge is 1.93. The van der Waals surface area contributed by atoms with Crippen molar-refractivity contribution in [2.45, 2.75) is 55.4 Å². The third-order valence-electron chi connectivity index (χ3n) is 4.83. The van der Waals surface area contributed by atoms with E-state index in [1.165, 1.54) is 0 Å². The van der Waals surface area contributed by atoms with Crippen LogP contribution < -0.4 is 18.5 Å². The van der Waals surface area contributed by atoms with Gasteiger partial charge in [0.25, 0.3) is 0 Å². The van der Waals surface area contributed by atoms with Crippen LogP contribution in [0.1, 0.15) is 44.5 Å². The molecular weight excluding hydrogens is 549 g/mol. The summed E-state index contributed by atoms with van der Waals surface area (Å²) in [5.41, 5.74) is 8.83. The van der Waals surface area contributed by atoms with E-state index in [0.717, 1.165) is 44.5 Å². The maximum absolute atomic E-state index is 8.99. The highest BCUT2D eigenvalue weighted by molar-refractivity contribution is 6.30. The van der Waals surface area contributed by atoms with E-state index in [4.69, 9.17) is 35.5 Å². The largest absolute Gasteiger partial charge is 0.631 e. The Hall–Kier alpha value is -4.10. The summed E-state index contributed by atoms with van der Waals surface area (Å²) in [6.07, 6.45) is 0. The first kappa shape index (κ1) is 45.9. The van der Waals surface area contributed by atoms with E-state index in [2.05, 4.69) is 0 Å². The Morgan fingerprint density at radius 2 is 0.395 bits per heavy atom. The highest BCUT2D eigenvalue weighted by Crippen LogP contribution is 2.15. The highest BCUT2D eigenvalue weighted by atomic mass is 16.5. The number of aryl methyl sites for hydroxylation is 8. The monoisotopic (exact) mass is 601 g/mol. The topological polar surface area (TPSA) is 247 Å². The Morgan fingerprint density at radius 3 is 0.465 bits per heavy atom. The second-order valence-corrected chi connectivity index (χ2v) is 9.73. The van der Waals surface area contributed by atoms with Gasteiger partial charge >= 0.3 is 7.32 Å². The van der Waals surface area contributed by atoms with E-state index >= 15 is 0 Å². The second-order valence-electron chi connectivity index (χ2n) is 9.73. The molecular formula is C32H52BN3O7. The van der Waals surface area contributed by atoms with Gasteiger partial charge in [-0.25, -0.2) is 0 Å². The normalized spacial score (nSPS) is 8.63. The predicted octanol–water partition coefficient (Wildman–Crippen LogP) is 6.47. The summed E-state index contributed by atoms with van der Waals surface area (Å²) in [7, 11) is -2.17. The van der Waals surface area contributed by atoms with Gasteiger partial charge in [0.2, 0.25) is 0 Å². The molecule has 0 aliphatic rings. The third-order valence-corrected chi connectivity index (χ3v) is 4.83. The Kier molecular flexibility index (Phi) is 25.0. The van der Waals surface area contributed by atoms with Crippen molar-refractivity contribution in [3.63, 3.8) is 0 Å². The van der Waals surface area contributed by atoms with Crippen molar-refractivity contribution in [3.05, 3.63) is 117 Å². The number of benzene rings is 4. The zero-order valence-corrected chi connectivity index (χ0v) is 26.8. The van der Waals surface area contributed by atoms with Crippen LogP contribution in [0, 0.1) is 55.4 Å². The molecule has 0 atom stereocenters. The molecule has 0 aromatic heterocycles. The quantitative estimate of drug-likeness (QED) is 0.0983. The number of rotatable bonds is 0. The average Bonchev–Trinajstić information content (AvgIpc) is 2.70. The molecule has 11 heteroatoms. The van der Waals surface area contributed by atoms with Crippen molar-refractivity contribution in [2.24, 2.45) is 0 Å². The minimum absolute atomic E-state index is 0. The van der Waals surface area contributed by atoms with Crippen LogP contribution in [-0.2, 0) is 0 Å². The molecule has 43 heavy (non-hydrogen) atoms. The summed E-state index contributed by atoms with van der Waals surface area (Å²) in [5.74, 6) is 1.42.